The first-order valence-corrected chi connectivity index (χ1v) is 10.6. The Hall–Kier alpha value is -2.32. The van der Waals surface area contributed by atoms with Crippen LogP contribution in [0.25, 0.3) is 5.65 Å². The summed E-state index contributed by atoms with van der Waals surface area (Å²) in [6.07, 6.45) is 2.14. The van der Waals surface area contributed by atoms with Gasteiger partial charge in [0.1, 0.15) is 0 Å². The highest BCUT2D eigenvalue weighted by Crippen LogP contribution is 2.28. The van der Waals surface area contributed by atoms with Crippen molar-refractivity contribution >= 4 is 5.65 Å². The minimum Gasteiger partial charge on any atom is -0.373 e. The predicted molar refractivity (Wildman–Crippen MR) is 109 cm³/mol. The first-order chi connectivity index (χ1) is 14.0. The molecule has 8 heteroatoms. The van der Waals surface area contributed by atoms with Crippen molar-refractivity contribution < 1.29 is 4.74 Å². The molecule has 2 aliphatic heterocycles. The summed E-state index contributed by atoms with van der Waals surface area (Å²) >= 11 is 0. The molecule has 0 radical (unpaired) electrons. The molecule has 3 aromatic heterocycles. The van der Waals surface area contributed by atoms with Crippen molar-refractivity contribution in [3.8, 4) is 0 Å². The van der Waals surface area contributed by atoms with Crippen molar-refractivity contribution in [1.82, 2.24) is 34.5 Å². The van der Waals surface area contributed by atoms with E-state index in [4.69, 9.17) is 14.9 Å². The Bertz CT molecular complexity index is 984. The average Bonchev–Trinajstić information content (AvgIpc) is 3.31. The average molecular weight is 396 g/mol. The number of hydrogen-bond donors (Lipinski definition) is 0. The van der Waals surface area contributed by atoms with E-state index in [1.165, 1.54) is 5.69 Å². The molecule has 0 spiro atoms. The van der Waals surface area contributed by atoms with E-state index in [1.807, 2.05) is 10.6 Å². The molecule has 5 heterocycles. The lowest BCUT2D eigenvalue weighted by atomic mass is 9.92. The van der Waals surface area contributed by atoms with Crippen LogP contribution in [0.2, 0.25) is 0 Å². The second-order valence-electron chi connectivity index (χ2n) is 9.25. The summed E-state index contributed by atoms with van der Waals surface area (Å²) in [6.45, 7) is 11.8. The minimum atomic E-state index is 0.00779. The van der Waals surface area contributed by atoms with E-state index in [2.05, 4.69) is 52.7 Å². The van der Waals surface area contributed by atoms with Gasteiger partial charge in [-0.3, -0.25) is 9.58 Å². The van der Waals surface area contributed by atoms with Crippen LogP contribution >= 0.6 is 0 Å². The van der Waals surface area contributed by atoms with E-state index >= 15 is 0 Å². The summed E-state index contributed by atoms with van der Waals surface area (Å²) in [6, 6.07) is 6.28. The van der Waals surface area contributed by atoms with Gasteiger partial charge < -0.3 is 4.74 Å². The van der Waals surface area contributed by atoms with Crippen LogP contribution in [-0.4, -0.2) is 54.2 Å². The molecular formula is C21H29N7O. The molecular weight excluding hydrogens is 366 g/mol. The van der Waals surface area contributed by atoms with Crippen molar-refractivity contribution in [3.63, 3.8) is 0 Å². The number of ether oxygens (including phenoxy) is 1. The third-order valence-corrected chi connectivity index (χ3v) is 6.00. The molecule has 5 rings (SSSR count). The summed E-state index contributed by atoms with van der Waals surface area (Å²) in [5.74, 6) is 1.40. The van der Waals surface area contributed by atoms with Crippen LogP contribution in [-0.2, 0) is 29.8 Å². The Morgan fingerprint density at radius 2 is 1.90 bits per heavy atom. The highest BCUT2D eigenvalue weighted by atomic mass is 16.5. The number of piperidine rings is 1. The predicted octanol–water partition coefficient (Wildman–Crippen LogP) is 2.53. The Kier molecular flexibility index (Phi) is 4.63. The van der Waals surface area contributed by atoms with E-state index in [-0.39, 0.29) is 5.41 Å². The van der Waals surface area contributed by atoms with Crippen LogP contribution in [0.3, 0.4) is 0 Å². The molecule has 0 aromatic carbocycles. The van der Waals surface area contributed by atoms with Crippen molar-refractivity contribution in [2.45, 2.75) is 64.6 Å². The van der Waals surface area contributed by atoms with Crippen LogP contribution in [0.4, 0.5) is 0 Å². The monoisotopic (exact) mass is 395 g/mol. The van der Waals surface area contributed by atoms with Gasteiger partial charge in [0.15, 0.2) is 11.5 Å². The molecule has 0 saturated carbocycles. The number of nitrogens with zero attached hydrogens (tertiary/aromatic N) is 7. The third kappa shape index (κ3) is 3.67. The highest BCUT2D eigenvalue weighted by Gasteiger charge is 2.27. The maximum Gasteiger partial charge on any atom is 0.177 e. The second kappa shape index (κ2) is 7.18. The number of fused-ring (bicyclic) bond motifs is 2. The van der Waals surface area contributed by atoms with Gasteiger partial charge in [-0.2, -0.15) is 14.7 Å². The zero-order chi connectivity index (χ0) is 20.0. The van der Waals surface area contributed by atoms with Crippen LogP contribution in [0.15, 0.2) is 18.2 Å². The molecule has 0 unspecified atom stereocenters. The smallest absolute Gasteiger partial charge is 0.177 e. The Balaban J connectivity index is 1.27. The Morgan fingerprint density at radius 3 is 2.66 bits per heavy atom. The highest BCUT2D eigenvalue weighted by molar-refractivity contribution is 5.37. The lowest BCUT2D eigenvalue weighted by Gasteiger charge is -2.30. The molecule has 0 N–H and O–H groups in total. The lowest BCUT2D eigenvalue weighted by molar-refractivity contribution is 0.0799. The van der Waals surface area contributed by atoms with Gasteiger partial charge in [0, 0.05) is 17.9 Å². The van der Waals surface area contributed by atoms with Crippen molar-refractivity contribution in [3.05, 3.63) is 41.1 Å². The Morgan fingerprint density at radius 1 is 1.07 bits per heavy atom. The largest absolute Gasteiger partial charge is 0.373 e. The summed E-state index contributed by atoms with van der Waals surface area (Å²) in [7, 11) is 0. The lowest BCUT2D eigenvalue weighted by Crippen LogP contribution is -2.33. The normalized spacial score (nSPS) is 19.0. The minimum absolute atomic E-state index is 0.00779. The quantitative estimate of drug-likeness (QED) is 0.679. The molecule has 0 aliphatic carbocycles. The maximum absolute atomic E-state index is 5.52. The van der Waals surface area contributed by atoms with Gasteiger partial charge in [0.05, 0.1) is 36.8 Å². The van der Waals surface area contributed by atoms with Crippen molar-refractivity contribution in [1.29, 1.82) is 0 Å². The van der Waals surface area contributed by atoms with Crippen molar-refractivity contribution in [2.75, 3.05) is 19.7 Å². The summed E-state index contributed by atoms with van der Waals surface area (Å²) in [4.78, 5) is 2.49. The van der Waals surface area contributed by atoms with Gasteiger partial charge in [0.2, 0.25) is 0 Å². The first kappa shape index (κ1) is 18.7. The fourth-order valence-electron chi connectivity index (χ4n) is 4.27. The zero-order valence-electron chi connectivity index (χ0n) is 17.5. The topological polar surface area (TPSA) is 73.4 Å². The molecule has 1 saturated heterocycles. The van der Waals surface area contributed by atoms with Crippen LogP contribution in [0.5, 0.6) is 0 Å². The molecule has 29 heavy (non-hydrogen) atoms. The molecule has 0 amide bonds. The zero-order valence-corrected chi connectivity index (χ0v) is 17.5. The standard InChI is InChI=1S/C21H29N7O/c1-21(2,3)18-4-5-19-22-23-20(28(19)25-18)15-6-8-26(9-7-15)13-16-12-17-14-29-11-10-27(17)24-16/h4-5,12,15H,6-11,13-14H2,1-3H3. The van der Waals surface area contributed by atoms with E-state index in [0.29, 0.717) is 12.5 Å². The van der Waals surface area contributed by atoms with E-state index in [0.717, 1.165) is 68.5 Å². The third-order valence-electron chi connectivity index (χ3n) is 6.00. The molecule has 3 aromatic rings. The van der Waals surface area contributed by atoms with Crippen LogP contribution in [0.1, 0.15) is 62.4 Å². The van der Waals surface area contributed by atoms with Gasteiger partial charge in [-0.1, -0.05) is 20.8 Å². The van der Waals surface area contributed by atoms with Crippen LogP contribution < -0.4 is 0 Å². The second-order valence-corrected chi connectivity index (χ2v) is 9.25. The molecule has 8 nitrogen and oxygen atoms in total. The van der Waals surface area contributed by atoms with Gasteiger partial charge in [-0.15, -0.1) is 10.2 Å². The molecule has 0 atom stereocenters. The van der Waals surface area contributed by atoms with Crippen molar-refractivity contribution in [2.24, 2.45) is 0 Å². The molecule has 1 fully saturated rings. The summed E-state index contributed by atoms with van der Waals surface area (Å²) in [5, 5.41) is 18.5. The summed E-state index contributed by atoms with van der Waals surface area (Å²) < 4.78 is 9.58. The molecule has 2 aliphatic rings. The van der Waals surface area contributed by atoms with E-state index < -0.39 is 0 Å². The van der Waals surface area contributed by atoms with Gasteiger partial charge in [-0.05, 0) is 44.1 Å². The van der Waals surface area contributed by atoms with Gasteiger partial charge in [-0.25, -0.2) is 0 Å². The number of likely N-dealkylation sites (tertiary alicyclic amines) is 1. The van der Waals surface area contributed by atoms with Gasteiger partial charge >= 0.3 is 0 Å². The fourth-order valence-corrected chi connectivity index (χ4v) is 4.27. The number of aromatic nitrogens is 6. The van der Waals surface area contributed by atoms with Gasteiger partial charge in [0.25, 0.3) is 0 Å². The Labute approximate surface area is 170 Å². The molecule has 0 bridgehead atoms. The van der Waals surface area contributed by atoms with E-state index in [9.17, 15) is 0 Å². The SMILES string of the molecule is CC(C)(C)c1ccc2nnc(C3CCN(Cc4cc5n(n4)CCOC5)CC3)n2n1. The van der Waals surface area contributed by atoms with E-state index in [1.54, 1.807) is 0 Å². The molecule has 154 valence electrons. The maximum atomic E-state index is 5.52. The first-order valence-electron chi connectivity index (χ1n) is 10.6. The number of hydrogen-bond acceptors (Lipinski definition) is 6. The fraction of sp³-hybridized carbons (Fsp3) is 0.619. The number of rotatable bonds is 3. The summed E-state index contributed by atoms with van der Waals surface area (Å²) in [5.41, 5.74) is 4.25. The van der Waals surface area contributed by atoms with Crippen LogP contribution in [0, 0.1) is 0 Å².